The van der Waals surface area contributed by atoms with Crippen LogP contribution >= 0.6 is 11.3 Å². The third-order valence-electron chi connectivity index (χ3n) is 7.76. The molecule has 1 aliphatic rings. The van der Waals surface area contributed by atoms with E-state index in [4.69, 9.17) is 0 Å². The van der Waals surface area contributed by atoms with Crippen LogP contribution in [0.3, 0.4) is 0 Å². The van der Waals surface area contributed by atoms with E-state index in [1.165, 1.54) is 11.3 Å². The number of rotatable bonds is 2. The molecular formula is C32H12F6N4S. The first-order chi connectivity index (χ1) is 20.7. The van der Waals surface area contributed by atoms with Gasteiger partial charge in [0, 0.05) is 22.1 Å². The van der Waals surface area contributed by atoms with Crippen molar-refractivity contribution < 1.29 is 26.3 Å². The molecule has 1 aromatic heterocycles. The molecule has 0 N–H and O–H groups in total. The topological polar surface area (TPSA) is 72.3 Å². The average molecular weight is 599 g/mol. The van der Waals surface area contributed by atoms with Gasteiger partial charge >= 0.3 is 0 Å². The molecule has 0 fully saturated rings. The van der Waals surface area contributed by atoms with Gasteiger partial charge < -0.3 is 0 Å². The molecule has 1 aliphatic carbocycles. The maximum absolute atomic E-state index is 14.0. The van der Waals surface area contributed by atoms with Gasteiger partial charge in [-0.15, -0.1) is 11.3 Å². The quantitative estimate of drug-likeness (QED) is 0.116. The summed E-state index contributed by atoms with van der Waals surface area (Å²) in [7, 11) is 0. The van der Waals surface area contributed by atoms with Crippen LogP contribution in [0.15, 0.2) is 58.5 Å². The van der Waals surface area contributed by atoms with E-state index in [1.807, 2.05) is 6.19 Å². The highest BCUT2D eigenvalue weighted by Crippen LogP contribution is 2.44. The van der Waals surface area contributed by atoms with Crippen LogP contribution in [0.25, 0.3) is 48.1 Å². The Morgan fingerprint density at radius 1 is 0.698 bits per heavy atom. The lowest BCUT2D eigenvalue weighted by Gasteiger charge is -2.18. The van der Waals surface area contributed by atoms with E-state index in [1.54, 1.807) is 36.5 Å². The number of benzene rings is 3. The Bertz CT molecular complexity index is 2390. The molecule has 1 atom stereocenters. The van der Waals surface area contributed by atoms with Gasteiger partial charge in [-0.05, 0) is 70.0 Å². The molecule has 0 spiro atoms. The van der Waals surface area contributed by atoms with Crippen LogP contribution in [0.2, 0.25) is 0 Å². The first kappa shape index (κ1) is 26.6. The number of nitriles is 2. The Kier molecular flexibility index (Phi) is 5.98. The monoisotopic (exact) mass is 598 g/mol. The SMILES string of the molecule is N#CN=c1c2c(c3c1sc1c(=NC#N)c4cc(-c5cc(F)c(F)c(F)c5)ccc4c13)C=CC(c1cc(F)c(F)c(F)c1)C2. The highest BCUT2D eigenvalue weighted by Gasteiger charge is 2.28. The summed E-state index contributed by atoms with van der Waals surface area (Å²) in [6.07, 6.45) is 7.37. The Labute approximate surface area is 241 Å². The largest absolute Gasteiger partial charge is 0.206 e. The summed E-state index contributed by atoms with van der Waals surface area (Å²) in [6.45, 7) is 0. The number of hydrogen-bond donors (Lipinski definition) is 0. The molecule has 0 aliphatic heterocycles. The van der Waals surface area contributed by atoms with Crippen LogP contribution in [0.4, 0.5) is 26.3 Å². The Hall–Kier alpha value is -5.26. The fourth-order valence-electron chi connectivity index (χ4n) is 5.91. The summed E-state index contributed by atoms with van der Waals surface area (Å²) in [5.74, 6) is -8.93. The maximum atomic E-state index is 14.0. The second-order valence-electron chi connectivity index (χ2n) is 10.0. The number of nitrogens with zero attached hydrogens (tertiary/aromatic N) is 4. The molecule has 7 rings (SSSR count). The normalized spacial score (nSPS) is 15.5. The zero-order valence-electron chi connectivity index (χ0n) is 21.4. The number of fused-ring (bicyclic) bond motifs is 7. The van der Waals surface area contributed by atoms with Gasteiger partial charge in [0.2, 0.25) is 12.4 Å². The highest BCUT2D eigenvalue weighted by molar-refractivity contribution is 7.26. The van der Waals surface area contributed by atoms with Crippen molar-refractivity contribution in [1.29, 1.82) is 10.5 Å². The molecule has 11 heteroatoms. The van der Waals surface area contributed by atoms with Gasteiger partial charge in [-0.2, -0.15) is 20.5 Å². The fourth-order valence-corrected chi connectivity index (χ4v) is 7.26. The molecule has 1 heterocycles. The first-order valence-electron chi connectivity index (χ1n) is 12.7. The molecule has 0 saturated carbocycles. The zero-order chi connectivity index (χ0) is 30.2. The summed E-state index contributed by atoms with van der Waals surface area (Å²) >= 11 is 1.26. The minimum absolute atomic E-state index is 0.0966. The van der Waals surface area contributed by atoms with Crippen molar-refractivity contribution in [3.8, 4) is 23.5 Å². The van der Waals surface area contributed by atoms with E-state index in [2.05, 4.69) is 9.98 Å². The van der Waals surface area contributed by atoms with Crippen LogP contribution < -0.4 is 10.7 Å². The molecule has 0 radical (unpaired) electrons. The van der Waals surface area contributed by atoms with E-state index in [0.29, 0.717) is 42.0 Å². The summed E-state index contributed by atoms with van der Waals surface area (Å²) in [4.78, 5) is 8.11. The molecule has 6 aromatic rings. The van der Waals surface area contributed by atoms with E-state index >= 15 is 0 Å². The van der Waals surface area contributed by atoms with Gasteiger partial charge in [0.25, 0.3) is 0 Å². The molecule has 208 valence electrons. The van der Waals surface area contributed by atoms with Crippen LogP contribution in [0.5, 0.6) is 0 Å². The van der Waals surface area contributed by atoms with Crippen molar-refractivity contribution in [2.75, 3.05) is 0 Å². The van der Waals surface area contributed by atoms with Crippen LogP contribution in [-0.2, 0) is 6.42 Å². The molecular weight excluding hydrogens is 586 g/mol. The van der Waals surface area contributed by atoms with Crippen LogP contribution in [0.1, 0.15) is 22.6 Å². The van der Waals surface area contributed by atoms with Crippen LogP contribution in [0, 0.1) is 57.8 Å². The molecule has 0 bridgehead atoms. The fraction of sp³-hybridized carbons (Fsp3) is 0.0625. The highest BCUT2D eigenvalue weighted by atomic mass is 32.1. The number of thiophene rings is 1. The van der Waals surface area contributed by atoms with Gasteiger partial charge in [0.1, 0.15) is 5.36 Å². The molecule has 0 amide bonds. The molecule has 4 nitrogen and oxygen atoms in total. The smallest absolute Gasteiger partial charge is 0.204 e. The van der Waals surface area contributed by atoms with Crippen molar-refractivity contribution in [1.82, 2.24) is 0 Å². The molecule has 0 saturated heterocycles. The Morgan fingerprint density at radius 3 is 1.95 bits per heavy atom. The minimum Gasteiger partial charge on any atom is -0.204 e. The zero-order valence-corrected chi connectivity index (χ0v) is 22.3. The van der Waals surface area contributed by atoms with Crippen molar-refractivity contribution in [2.45, 2.75) is 12.3 Å². The van der Waals surface area contributed by atoms with Gasteiger partial charge in [-0.25, -0.2) is 26.3 Å². The molecule has 5 aromatic carbocycles. The summed E-state index contributed by atoms with van der Waals surface area (Å²) < 4.78 is 84.4. The summed E-state index contributed by atoms with van der Waals surface area (Å²) in [6, 6.07) is 8.61. The van der Waals surface area contributed by atoms with Crippen molar-refractivity contribution in [3.63, 3.8) is 0 Å². The van der Waals surface area contributed by atoms with E-state index in [9.17, 15) is 36.9 Å². The lowest BCUT2D eigenvalue weighted by molar-refractivity contribution is 0.444. The van der Waals surface area contributed by atoms with Crippen molar-refractivity contribution in [2.24, 2.45) is 9.98 Å². The lowest BCUT2D eigenvalue weighted by Crippen LogP contribution is -2.13. The summed E-state index contributed by atoms with van der Waals surface area (Å²) in [5.41, 5.74) is 2.10. The van der Waals surface area contributed by atoms with Gasteiger partial charge in [-0.3, -0.25) is 0 Å². The lowest BCUT2D eigenvalue weighted by atomic mass is 9.86. The van der Waals surface area contributed by atoms with Crippen LogP contribution in [-0.4, -0.2) is 0 Å². The standard InChI is InChI=1S/C32H12F6N4S/c33-21-7-15(8-22(34)27(21)37)13-1-3-17-19(5-13)29(41-11-39)31-25(17)26-18-4-2-14(16-9-23(35)28(38)24(36)10-16)6-20(18)30(42-12-40)32(26)43-31/h1-5,7-10,14H,6H2. The maximum Gasteiger partial charge on any atom is 0.206 e. The minimum atomic E-state index is -1.58. The Balaban J connectivity index is 1.48. The summed E-state index contributed by atoms with van der Waals surface area (Å²) in [5, 5.41) is 22.4. The van der Waals surface area contributed by atoms with Gasteiger partial charge in [-0.1, -0.05) is 24.3 Å². The predicted molar refractivity (Wildman–Crippen MR) is 149 cm³/mol. The third-order valence-corrected chi connectivity index (χ3v) is 8.96. The number of allylic oxidation sites excluding steroid dienone is 1. The predicted octanol–water partition coefficient (Wildman–Crippen LogP) is 7.70. The second-order valence-corrected chi connectivity index (χ2v) is 11.0. The first-order valence-corrected chi connectivity index (χ1v) is 13.5. The van der Waals surface area contributed by atoms with E-state index < -0.39 is 40.8 Å². The molecule has 1 unspecified atom stereocenters. The number of halogens is 6. The third kappa shape index (κ3) is 3.89. The molecule has 43 heavy (non-hydrogen) atoms. The van der Waals surface area contributed by atoms with Crippen molar-refractivity contribution >= 4 is 48.4 Å². The van der Waals surface area contributed by atoms with Crippen molar-refractivity contribution in [3.05, 3.63) is 111 Å². The van der Waals surface area contributed by atoms with Gasteiger partial charge in [0.15, 0.2) is 34.9 Å². The number of hydrogen-bond acceptors (Lipinski definition) is 5. The second kappa shape index (κ2) is 9.65. The van der Waals surface area contributed by atoms with Gasteiger partial charge in [0.05, 0.1) is 14.8 Å². The Morgan fingerprint density at radius 2 is 1.30 bits per heavy atom. The van der Waals surface area contributed by atoms with E-state index in [-0.39, 0.29) is 17.5 Å². The average Bonchev–Trinajstić information content (AvgIpc) is 3.61. The van der Waals surface area contributed by atoms with E-state index in [0.717, 1.165) is 40.6 Å².